The molecule has 1 N–H and O–H groups in total. The van der Waals surface area contributed by atoms with Gasteiger partial charge in [0.25, 0.3) is 0 Å². The Kier molecular flexibility index (Phi) is 6.06. The lowest BCUT2D eigenvalue weighted by atomic mass is 10.1. The van der Waals surface area contributed by atoms with Gasteiger partial charge < -0.3 is 5.11 Å². The van der Waals surface area contributed by atoms with Crippen LogP contribution >= 0.6 is 27.7 Å². The monoisotopic (exact) mass is 316 g/mol. The Morgan fingerprint density at radius 3 is 2.82 bits per heavy atom. The van der Waals surface area contributed by atoms with Gasteiger partial charge in [-0.3, -0.25) is 0 Å². The SMILES string of the molecule is CCCC(C)CSc1ccc(Br)c(C(=O)O)c1. The van der Waals surface area contributed by atoms with Gasteiger partial charge in [0.2, 0.25) is 0 Å². The van der Waals surface area contributed by atoms with Gasteiger partial charge in [0, 0.05) is 15.1 Å². The van der Waals surface area contributed by atoms with E-state index in [-0.39, 0.29) is 0 Å². The molecule has 0 fully saturated rings. The van der Waals surface area contributed by atoms with E-state index < -0.39 is 5.97 Å². The smallest absolute Gasteiger partial charge is 0.336 e. The number of carbonyl (C=O) groups is 1. The molecule has 1 unspecified atom stereocenters. The maximum atomic E-state index is 11.0. The van der Waals surface area contributed by atoms with Gasteiger partial charge in [0.05, 0.1) is 5.56 Å². The molecule has 0 radical (unpaired) electrons. The van der Waals surface area contributed by atoms with Gasteiger partial charge in [-0.15, -0.1) is 11.8 Å². The van der Waals surface area contributed by atoms with E-state index >= 15 is 0 Å². The Balaban J connectivity index is 2.66. The molecule has 0 aliphatic carbocycles. The molecule has 1 atom stereocenters. The number of benzene rings is 1. The second-order valence-corrected chi connectivity index (χ2v) is 6.10. The lowest BCUT2D eigenvalue weighted by Crippen LogP contribution is -1.99. The molecule has 0 aromatic heterocycles. The number of carboxylic acid groups (broad SMARTS) is 1. The van der Waals surface area contributed by atoms with Crippen LogP contribution in [0.25, 0.3) is 0 Å². The zero-order chi connectivity index (χ0) is 12.8. The fraction of sp³-hybridized carbons (Fsp3) is 0.462. The summed E-state index contributed by atoms with van der Waals surface area (Å²) in [5, 5.41) is 9.01. The highest BCUT2D eigenvalue weighted by Crippen LogP contribution is 2.27. The molecule has 0 saturated carbocycles. The molecule has 1 rings (SSSR count). The van der Waals surface area contributed by atoms with Gasteiger partial charge in [0.1, 0.15) is 0 Å². The zero-order valence-electron chi connectivity index (χ0n) is 10.1. The minimum atomic E-state index is -0.888. The van der Waals surface area contributed by atoms with Crippen LogP contribution in [-0.4, -0.2) is 16.8 Å². The van der Waals surface area contributed by atoms with Crippen LogP contribution in [0.1, 0.15) is 37.0 Å². The van der Waals surface area contributed by atoms with Crippen molar-refractivity contribution in [2.24, 2.45) is 5.92 Å². The first-order valence-corrected chi connectivity index (χ1v) is 7.48. The van der Waals surface area contributed by atoms with E-state index in [9.17, 15) is 4.79 Å². The normalized spacial score (nSPS) is 12.4. The van der Waals surface area contributed by atoms with Crippen LogP contribution in [0.3, 0.4) is 0 Å². The summed E-state index contributed by atoms with van der Waals surface area (Å²) in [6.07, 6.45) is 2.41. The number of halogens is 1. The summed E-state index contributed by atoms with van der Waals surface area (Å²) < 4.78 is 0.635. The Labute approximate surface area is 115 Å². The third kappa shape index (κ3) is 4.72. The second-order valence-electron chi connectivity index (χ2n) is 4.15. The molecule has 0 aliphatic heterocycles. The van der Waals surface area contributed by atoms with Gasteiger partial charge in [-0.1, -0.05) is 26.7 Å². The van der Waals surface area contributed by atoms with Gasteiger partial charge >= 0.3 is 5.97 Å². The lowest BCUT2D eigenvalue weighted by Gasteiger charge is -2.10. The Morgan fingerprint density at radius 2 is 2.24 bits per heavy atom. The summed E-state index contributed by atoms with van der Waals surface area (Å²) >= 11 is 4.97. The summed E-state index contributed by atoms with van der Waals surface area (Å²) in [6.45, 7) is 4.41. The Morgan fingerprint density at radius 1 is 1.53 bits per heavy atom. The van der Waals surface area contributed by atoms with E-state index in [1.807, 2.05) is 6.07 Å². The van der Waals surface area contributed by atoms with Gasteiger partial charge in [-0.25, -0.2) is 4.79 Å². The summed E-state index contributed by atoms with van der Waals surface area (Å²) in [6, 6.07) is 5.49. The zero-order valence-corrected chi connectivity index (χ0v) is 12.5. The van der Waals surface area contributed by atoms with E-state index in [4.69, 9.17) is 5.11 Å². The molecule has 0 aliphatic rings. The number of hydrogen-bond acceptors (Lipinski definition) is 2. The Bertz CT molecular complexity index is 393. The molecule has 17 heavy (non-hydrogen) atoms. The number of thioether (sulfide) groups is 1. The number of rotatable bonds is 6. The molecule has 0 amide bonds. The van der Waals surface area contributed by atoms with E-state index in [0.717, 1.165) is 10.6 Å². The minimum absolute atomic E-state index is 0.332. The molecule has 0 heterocycles. The van der Waals surface area contributed by atoms with E-state index in [1.165, 1.54) is 12.8 Å². The molecule has 0 saturated heterocycles. The molecule has 1 aromatic carbocycles. The molecule has 4 heteroatoms. The number of hydrogen-bond donors (Lipinski definition) is 1. The van der Waals surface area contributed by atoms with Crippen molar-refractivity contribution in [2.45, 2.75) is 31.6 Å². The average Bonchev–Trinajstić information content (AvgIpc) is 2.28. The van der Waals surface area contributed by atoms with Crippen molar-refractivity contribution in [1.82, 2.24) is 0 Å². The quantitative estimate of drug-likeness (QED) is 0.774. The fourth-order valence-electron chi connectivity index (χ4n) is 1.57. The average molecular weight is 317 g/mol. The van der Waals surface area contributed by atoms with Crippen LogP contribution < -0.4 is 0 Å². The summed E-state index contributed by atoms with van der Waals surface area (Å²) in [5.74, 6) is 0.817. The van der Waals surface area contributed by atoms with Crippen molar-refractivity contribution in [3.8, 4) is 0 Å². The highest BCUT2D eigenvalue weighted by Gasteiger charge is 2.10. The van der Waals surface area contributed by atoms with Crippen molar-refractivity contribution in [3.63, 3.8) is 0 Å². The summed E-state index contributed by atoms with van der Waals surface area (Å²) in [7, 11) is 0. The summed E-state index contributed by atoms with van der Waals surface area (Å²) in [4.78, 5) is 12.0. The minimum Gasteiger partial charge on any atom is -0.478 e. The van der Waals surface area contributed by atoms with Crippen molar-refractivity contribution in [2.75, 3.05) is 5.75 Å². The van der Waals surface area contributed by atoms with Crippen LogP contribution in [0.4, 0.5) is 0 Å². The van der Waals surface area contributed by atoms with Crippen LogP contribution in [-0.2, 0) is 0 Å². The third-order valence-corrected chi connectivity index (χ3v) is 4.50. The predicted octanol–water partition coefficient (Wildman–Crippen LogP) is 4.68. The predicted molar refractivity (Wildman–Crippen MR) is 75.9 cm³/mol. The van der Waals surface area contributed by atoms with Crippen LogP contribution in [0.15, 0.2) is 27.6 Å². The van der Waals surface area contributed by atoms with E-state index in [0.29, 0.717) is 16.0 Å². The van der Waals surface area contributed by atoms with Crippen molar-refractivity contribution >= 4 is 33.7 Å². The molecule has 2 nitrogen and oxygen atoms in total. The molecule has 0 bridgehead atoms. The number of aromatic carboxylic acids is 1. The molecule has 0 spiro atoms. The molecular formula is C13H17BrO2S. The molecular weight excluding hydrogens is 300 g/mol. The van der Waals surface area contributed by atoms with E-state index in [2.05, 4.69) is 29.8 Å². The summed E-state index contributed by atoms with van der Waals surface area (Å²) in [5.41, 5.74) is 0.332. The van der Waals surface area contributed by atoms with Crippen molar-refractivity contribution < 1.29 is 9.90 Å². The second kappa shape index (κ2) is 7.07. The Hall–Kier alpha value is -0.480. The largest absolute Gasteiger partial charge is 0.478 e. The highest BCUT2D eigenvalue weighted by molar-refractivity contribution is 9.10. The first kappa shape index (κ1) is 14.6. The first-order chi connectivity index (χ1) is 8.04. The van der Waals surface area contributed by atoms with Gasteiger partial charge in [-0.05, 0) is 40.0 Å². The van der Waals surface area contributed by atoms with Crippen LogP contribution in [0.5, 0.6) is 0 Å². The number of carboxylic acids is 1. The fourth-order valence-corrected chi connectivity index (χ4v) is 3.00. The van der Waals surface area contributed by atoms with Crippen LogP contribution in [0.2, 0.25) is 0 Å². The van der Waals surface area contributed by atoms with Gasteiger partial charge in [0.15, 0.2) is 0 Å². The third-order valence-electron chi connectivity index (χ3n) is 2.48. The topological polar surface area (TPSA) is 37.3 Å². The van der Waals surface area contributed by atoms with E-state index in [1.54, 1.807) is 23.9 Å². The lowest BCUT2D eigenvalue weighted by molar-refractivity contribution is 0.0695. The molecule has 1 aromatic rings. The maximum Gasteiger partial charge on any atom is 0.336 e. The first-order valence-electron chi connectivity index (χ1n) is 5.70. The standard InChI is InChI=1S/C13H17BrO2S/c1-3-4-9(2)8-17-10-5-6-12(14)11(7-10)13(15)16/h5-7,9H,3-4,8H2,1-2H3,(H,15,16). The van der Waals surface area contributed by atoms with Crippen molar-refractivity contribution in [3.05, 3.63) is 28.2 Å². The van der Waals surface area contributed by atoms with Crippen molar-refractivity contribution in [1.29, 1.82) is 0 Å². The van der Waals surface area contributed by atoms with Gasteiger partial charge in [-0.2, -0.15) is 0 Å². The highest BCUT2D eigenvalue weighted by atomic mass is 79.9. The molecule has 94 valence electrons. The maximum absolute atomic E-state index is 11.0. The van der Waals surface area contributed by atoms with Crippen LogP contribution in [0, 0.1) is 5.92 Å².